The SMILES string of the molecule is COc1cc(OC)c(OC)cc1CNC(=O)c1ccc(F)cc1Cl. The van der Waals surface area contributed by atoms with E-state index in [9.17, 15) is 9.18 Å². The first-order valence-electron chi connectivity index (χ1n) is 7.02. The summed E-state index contributed by atoms with van der Waals surface area (Å²) in [5, 5.41) is 2.76. The largest absolute Gasteiger partial charge is 0.496 e. The zero-order valence-corrected chi connectivity index (χ0v) is 14.2. The molecule has 0 unspecified atom stereocenters. The molecule has 24 heavy (non-hydrogen) atoms. The van der Waals surface area contributed by atoms with Crippen LogP contribution < -0.4 is 19.5 Å². The summed E-state index contributed by atoms with van der Waals surface area (Å²) in [7, 11) is 4.56. The Bertz CT molecular complexity index is 752. The molecule has 5 nitrogen and oxygen atoms in total. The fourth-order valence-corrected chi connectivity index (χ4v) is 2.43. The monoisotopic (exact) mass is 353 g/mol. The van der Waals surface area contributed by atoms with E-state index in [1.165, 1.54) is 33.5 Å². The Hall–Kier alpha value is -2.47. The number of hydrogen-bond donors (Lipinski definition) is 1. The molecule has 0 bridgehead atoms. The van der Waals surface area contributed by atoms with Crippen LogP contribution in [-0.4, -0.2) is 27.2 Å². The minimum absolute atomic E-state index is 0.0479. The number of carbonyl (C=O) groups excluding carboxylic acids is 1. The Morgan fingerprint density at radius 2 is 1.67 bits per heavy atom. The lowest BCUT2D eigenvalue weighted by Crippen LogP contribution is -2.23. The van der Waals surface area contributed by atoms with E-state index in [1.54, 1.807) is 12.1 Å². The van der Waals surface area contributed by atoms with Gasteiger partial charge < -0.3 is 19.5 Å². The minimum Gasteiger partial charge on any atom is -0.496 e. The van der Waals surface area contributed by atoms with Crippen LogP contribution in [-0.2, 0) is 6.54 Å². The first-order valence-corrected chi connectivity index (χ1v) is 7.40. The van der Waals surface area contributed by atoms with Gasteiger partial charge in [-0.05, 0) is 24.3 Å². The van der Waals surface area contributed by atoms with Gasteiger partial charge in [-0.2, -0.15) is 0 Å². The summed E-state index contributed by atoms with van der Waals surface area (Å²) in [4.78, 5) is 12.2. The van der Waals surface area contributed by atoms with Crippen LogP contribution in [0.15, 0.2) is 30.3 Å². The highest BCUT2D eigenvalue weighted by Gasteiger charge is 2.15. The summed E-state index contributed by atoms with van der Waals surface area (Å²) in [5.41, 5.74) is 0.888. The molecule has 0 aliphatic rings. The van der Waals surface area contributed by atoms with Crippen molar-refractivity contribution in [2.24, 2.45) is 0 Å². The van der Waals surface area contributed by atoms with Gasteiger partial charge in [0.25, 0.3) is 5.91 Å². The van der Waals surface area contributed by atoms with Crippen molar-refractivity contribution in [3.8, 4) is 17.2 Å². The molecule has 0 spiro atoms. The highest BCUT2D eigenvalue weighted by molar-refractivity contribution is 6.33. The van der Waals surface area contributed by atoms with Crippen LogP contribution in [0.3, 0.4) is 0 Å². The molecular weight excluding hydrogens is 337 g/mol. The van der Waals surface area contributed by atoms with E-state index in [0.717, 1.165) is 6.07 Å². The number of amides is 1. The summed E-state index contributed by atoms with van der Waals surface area (Å²) < 4.78 is 28.8. The van der Waals surface area contributed by atoms with Crippen molar-refractivity contribution >= 4 is 17.5 Å². The molecule has 2 rings (SSSR count). The van der Waals surface area contributed by atoms with E-state index in [4.69, 9.17) is 25.8 Å². The third-order valence-electron chi connectivity index (χ3n) is 3.40. The number of halogens is 2. The van der Waals surface area contributed by atoms with Gasteiger partial charge in [-0.3, -0.25) is 4.79 Å². The van der Waals surface area contributed by atoms with Crippen molar-refractivity contribution < 1.29 is 23.4 Å². The highest BCUT2D eigenvalue weighted by atomic mass is 35.5. The molecule has 0 saturated heterocycles. The fourth-order valence-electron chi connectivity index (χ4n) is 2.17. The summed E-state index contributed by atoms with van der Waals surface area (Å²) in [6, 6.07) is 6.99. The van der Waals surface area contributed by atoms with Gasteiger partial charge in [0.1, 0.15) is 11.6 Å². The molecule has 0 radical (unpaired) electrons. The topological polar surface area (TPSA) is 56.8 Å². The van der Waals surface area contributed by atoms with Gasteiger partial charge >= 0.3 is 0 Å². The molecule has 0 aliphatic heterocycles. The predicted octanol–water partition coefficient (Wildman–Crippen LogP) is 3.43. The second-order valence-electron chi connectivity index (χ2n) is 4.83. The molecule has 1 N–H and O–H groups in total. The summed E-state index contributed by atoms with van der Waals surface area (Å²) in [6.45, 7) is 0.177. The van der Waals surface area contributed by atoms with Gasteiger partial charge in [0.15, 0.2) is 11.5 Å². The Kier molecular flexibility index (Phi) is 5.87. The van der Waals surface area contributed by atoms with Gasteiger partial charge in [-0.15, -0.1) is 0 Å². The highest BCUT2D eigenvalue weighted by Crippen LogP contribution is 2.34. The smallest absolute Gasteiger partial charge is 0.253 e. The summed E-state index contributed by atoms with van der Waals surface area (Å²) >= 11 is 5.89. The average Bonchev–Trinajstić information content (AvgIpc) is 2.58. The van der Waals surface area contributed by atoms with Crippen molar-refractivity contribution in [1.82, 2.24) is 5.32 Å². The van der Waals surface area contributed by atoms with Crippen LogP contribution >= 0.6 is 11.6 Å². The van der Waals surface area contributed by atoms with Gasteiger partial charge in [0.05, 0.1) is 31.9 Å². The van der Waals surface area contributed by atoms with E-state index in [1.807, 2.05) is 0 Å². The molecule has 7 heteroatoms. The number of ether oxygens (including phenoxy) is 3. The first kappa shape index (κ1) is 17.9. The molecule has 0 fully saturated rings. The molecule has 0 atom stereocenters. The number of benzene rings is 2. The Balaban J connectivity index is 2.20. The standard InChI is InChI=1S/C17H17ClFNO4/c1-22-14-8-16(24-3)15(23-2)6-10(14)9-20-17(21)12-5-4-11(19)7-13(12)18/h4-8H,9H2,1-3H3,(H,20,21). The maximum Gasteiger partial charge on any atom is 0.253 e. The van der Waals surface area contributed by atoms with Gasteiger partial charge in [-0.1, -0.05) is 11.6 Å². The van der Waals surface area contributed by atoms with Crippen LogP contribution in [0.4, 0.5) is 4.39 Å². The number of hydrogen-bond acceptors (Lipinski definition) is 4. The Morgan fingerprint density at radius 1 is 1.04 bits per heavy atom. The third-order valence-corrected chi connectivity index (χ3v) is 3.71. The van der Waals surface area contributed by atoms with Crippen molar-refractivity contribution in [3.05, 3.63) is 52.3 Å². The fraction of sp³-hybridized carbons (Fsp3) is 0.235. The van der Waals surface area contributed by atoms with Crippen molar-refractivity contribution in [1.29, 1.82) is 0 Å². The summed E-state index contributed by atoms with van der Waals surface area (Å²) in [5.74, 6) is 0.654. The summed E-state index contributed by atoms with van der Waals surface area (Å²) in [6.07, 6.45) is 0. The molecule has 0 aliphatic carbocycles. The molecule has 128 valence electrons. The molecular formula is C17H17ClFNO4. The lowest BCUT2D eigenvalue weighted by molar-refractivity contribution is 0.0950. The molecule has 2 aromatic carbocycles. The number of nitrogens with one attached hydrogen (secondary N) is 1. The molecule has 1 amide bonds. The van der Waals surface area contributed by atoms with Crippen molar-refractivity contribution in [3.63, 3.8) is 0 Å². The Morgan fingerprint density at radius 3 is 2.25 bits per heavy atom. The molecule has 0 saturated carbocycles. The van der Waals surface area contributed by atoms with E-state index in [-0.39, 0.29) is 17.1 Å². The van der Waals surface area contributed by atoms with Crippen LogP contribution in [0.2, 0.25) is 5.02 Å². The second kappa shape index (κ2) is 7.88. The van der Waals surface area contributed by atoms with Gasteiger partial charge in [0.2, 0.25) is 0 Å². The van der Waals surface area contributed by atoms with Gasteiger partial charge in [-0.25, -0.2) is 4.39 Å². The van der Waals surface area contributed by atoms with Crippen LogP contribution in [0, 0.1) is 5.82 Å². The second-order valence-corrected chi connectivity index (χ2v) is 5.23. The quantitative estimate of drug-likeness (QED) is 0.864. The van der Waals surface area contributed by atoms with Gasteiger partial charge in [0, 0.05) is 18.2 Å². The molecule has 2 aromatic rings. The van der Waals surface area contributed by atoms with E-state index >= 15 is 0 Å². The maximum atomic E-state index is 13.1. The van der Waals surface area contributed by atoms with E-state index < -0.39 is 11.7 Å². The molecule has 0 heterocycles. The minimum atomic E-state index is -0.502. The van der Waals surface area contributed by atoms with E-state index in [2.05, 4.69) is 5.32 Å². The van der Waals surface area contributed by atoms with E-state index in [0.29, 0.717) is 22.8 Å². The normalized spacial score (nSPS) is 10.2. The zero-order valence-electron chi connectivity index (χ0n) is 13.5. The van der Waals surface area contributed by atoms with Crippen LogP contribution in [0.25, 0.3) is 0 Å². The van der Waals surface area contributed by atoms with Crippen molar-refractivity contribution in [2.75, 3.05) is 21.3 Å². The number of carbonyl (C=O) groups is 1. The lowest BCUT2D eigenvalue weighted by atomic mass is 10.1. The maximum absolute atomic E-state index is 13.1. The zero-order chi connectivity index (χ0) is 17.7. The first-order chi connectivity index (χ1) is 11.5. The van der Waals surface area contributed by atoms with Crippen LogP contribution in [0.1, 0.15) is 15.9 Å². The lowest BCUT2D eigenvalue weighted by Gasteiger charge is -2.14. The van der Waals surface area contributed by atoms with Crippen LogP contribution in [0.5, 0.6) is 17.2 Å². The third kappa shape index (κ3) is 3.89. The molecule has 0 aromatic heterocycles. The van der Waals surface area contributed by atoms with Crippen molar-refractivity contribution in [2.45, 2.75) is 6.54 Å². The predicted molar refractivity (Wildman–Crippen MR) is 88.7 cm³/mol. The number of methoxy groups -OCH3 is 3. The Labute approximate surface area is 144 Å². The average molecular weight is 354 g/mol. The number of rotatable bonds is 6.